The van der Waals surface area contributed by atoms with Crippen molar-refractivity contribution in [1.29, 1.82) is 0 Å². The van der Waals surface area contributed by atoms with Crippen LogP contribution in [0.2, 0.25) is 0 Å². The number of fused-ring (bicyclic) bond motifs is 1. The van der Waals surface area contributed by atoms with E-state index in [1.807, 2.05) is 0 Å². The van der Waals surface area contributed by atoms with E-state index in [0.717, 1.165) is 0 Å². The molecule has 21 heavy (non-hydrogen) atoms. The summed E-state index contributed by atoms with van der Waals surface area (Å²) in [6.45, 7) is 0. The topological polar surface area (TPSA) is 94.0 Å². The standard InChI is InChI=1S/C14H10N2O5/c1-20-14(19)8-4-2-6-16-11(8)10(13(17)18)15-12(16)9-5-3-7-21-9/h2-7H,1H3,(H,17,18). The highest BCUT2D eigenvalue weighted by Gasteiger charge is 2.24. The molecule has 0 aliphatic heterocycles. The SMILES string of the molecule is COC(=O)c1cccn2c(-c3ccco3)nc(C(=O)O)c12. The Morgan fingerprint density at radius 2 is 2.14 bits per heavy atom. The number of methoxy groups -OCH3 is 1. The molecule has 0 fully saturated rings. The van der Waals surface area contributed by atoms with E-state index < -0.39 is 11.9 Å². The van der Waals surface area contributed by atoms with Gasteiger partial charge in [0.25, 0.3) is 0 Å². The Morgan fingerprint density at radius 3 is 2.76 bits per heavy atom. The largest absolute Gasteiger partial charge is 0.476 e. The van der Waals surface area contributed by atoms with E-state index in [2.05, 4.69) is 9.72 Å². The third kappa shape index (κ3) is 1.95. The summed E-state index contributed by atoms with van der Waals surface area (Å²) in [7, 11) is 1.23. The maximum atomic E-state index is 11.8. The van der Waals surface area contributed by atoms with Crippen molar-refractivity contribution in [3.63, 3.8) is 0 Å². The molecule has 3 aromatic rings. The van der Waals surface area contributed by atoms with Gasteiger partial charge in [0.1, 0.15) is 0 Å². The van der Waals surface area contributed by atoms with Gasteiger partial charge in [-0.25, -0.2) is 14.6 Å². The molecule has 0 amide bonds. The van der Waals surface area contributed by atoms with Crippen molar-refractivity contribution < 1.29 is 23.8 Å². The van der Waals surface area contributed by atoms with Crippen LogP contribution in [0, 0.1) is 0 Å². The fourth-order valence-corrected chi connectivity index (χ4v) is 2.14. The minimum atomic E-state index is -1.23. The Labute approximate surface area is 118 Å². The number of aromatic nitrogens is 2. The lowest BCUT2D eigenvalue weighted by Gasteiger charge is -2.03. The van der Waals surface area contributed by atoms with E-state index in [1.165, 1.54) is 23.8 Å². The molecule has 3 aromatic heterocycles. The number of aromatic carboxylic acids is 1. The van der Waals surface area contributed by atoms with Crippen LogP contribution in [0.3, 0.4) is 0 Å². The van der Waals surface area contributed by atoms with Gasteiger partial charge in [-0.05, 0) is 24.3 Å². The second-order valence-corrected chi connectivity index (χ2v) is 4.20. The number of carbonyl (C=O) groups is 2. The average molecular weight is 286 g/mol. The fourth-order valence-electron chi connectivity index (χ4n) is 2.14. The molecule has 1 N–H and O–H groups in total. The average Bonchev–Trinajstić information content (AvgIpc) is 3.12. The number of rotatable bonds is 3. The summed E-state index contributed by atoms with van der Waals surface area (Å²) < 4.78 is 11.4. The second-order valence-electron chi connectivity index (χ2n) is 4.20. The lowest BCUT2D eigenvalue weighted by Crippen LogP contribution is -2.06. The van der Waals surface area contributed by atoms with Crippen LogP contribution in [0.4, 0.5) is 0 Å². The van der Waals surface area contributed by atoms with Crippen LogP contribution in [0.15, 0.2) is 41.1 Å². The van der Waals surface area contributed by atoms with Crippen LogP contribution in [0.5, 0.6) is 0 Å². The number of nitrogens with zero attached hydrogens (tertiary/aromatic N) is 2. The zero-order valence-corrected chi connectivity index (χ0v) is 10.9. The van der Waals surface area contributed by atoms with Gasteiger partial charge in [0.05, 0.1) is 24.5 Å². The predicted molar refractivity (Wildman–Crippen MR) is 71.2 cm³/mol. The van der Waals surface area contributed by atoms with E-state index >= 15 is 0 Å². The number of pyridine rings is 1. The van der Waals surface area contributed by atoms with Crippen molar-refractivity contribution in [3.8, 4) is 11.6 Å². The summed E-state index contributed by atoms with van der Waals surface area (Å²) in [4.78, 5) is 27.3. The maximum Gasteiger partial charge on any atom is 0.356 e. The Hall–Kier alpha value is -3.09. The summed E-state index contributed by atoms with van der Waals surface area (Å²) in [6.07, 6.45) is 3.07. The van der Waals surface area contributed by atoms with Gasteiger partial charge in [-0.2, -0.15) is 0 Å². The fraction of sp³-hybridized carbons (Fsp3) is 0.0714. The smallest absolute Gasteiger partial charge is 0.356 e. The van der Waals surface area contributed by atoms with Crippen LogP contribution in [0.1, 0.15) is 20.8 Å². The van der Waals surface area contributed by atoms with Crippen molar-refractivity contribution >= 4 is 17.5 Å². The number of carboxylic acids is 1. The molecule has 106 valence electrons. The Balaban J connectivity index is 2.39. The molecule has 7 nitrogen and oxygen atoms in total. The van der Waals surface area contributed by atoms with E-state index in [1.54, 1.807) is 24.4 Å². The molecule has 0 bridgehead atoms. The third-order valence-electron chi connectivity index (χ3n) is 3.01. The van der Waals surface area contributed by atoms with Crippen LogP contribution >= 0.6 is 0 Å². The van der Waals surface area contributed by atoms with Crippen molar-refractivity contribution in [2.24, 2.45) is 0 Å². The number of esters is 1. The first-order valence-corrected chi connectivity index (χ1v) is 6.00. The summed E-state index contributed by atoms with van der Waals surface area (Å²) in [5.74, 6) is -1.16. The third-order valence-corrected chi connectivity index (χ3v) is 3.01. The van der Waals surface area contributed by atoms with Crippen molar-refractivity contribution in [2.75, 3.05) is 7.11 Å². The first kappa shape index (κ1) is 12.9. The molecule has 0 aliphatic rings. The van der Waals surface area contributed by atoms with Crippen molar-refractivity contribution in [1.82, 2.24) is 9.38 Å². The highest BCUT2D eigenvalue weighted by Crippen LogP contribution is 2.26. The summed E-state index contributed by atoms with van der Waals surface area (Å²) in [5.41, 5.74) is 0.0633. The molecule has 3 heterocycles. The molecule has 0 saturated heterocycles. The number of hydrogen-bond donors (Lipinski definition) is 1. The molecule has 0 aliphatic carbocycles. The number of imidazole rings is 1. The Bertz CT molecular complexity index is 833. The van der Waals surface area contributed by atoms with Crippen LogP contribution in [-0.2, 0) is 4.74 Å². The second kappa shape index (κ2) is 4.78. The molecule has 0 spiro atoms. The molecule has 0 radical (unpaired) electrons. The van der Waals surface area contributed by atoms with Gasteiger partial charge < -0.3 is 14.3 Å². The highest BCUT2D eigenvalue weighted by atomic mass is 16.5. The van der Waals surface area contributed by atoms with Gasteiger partial charge in [0.2, 0.25) is 0 Å². The van der Waals surface area contributed by atoms with Gasteiger partial charge >= 0.3 is 11.9 Å². The summed E-state index contributed by atoms with van der Waals surface area (Å²) in [5, 5.41) is 9.31. The number of furan rings is 1. The lowest BCUT2D eigenvalue weighted by atomic mass is 10.2. The molecule has 0 aromatic carbocycles. The molecule has 0 saturated carbocycles. The molecule has 0 atom stereocenters. The normalized spacial score (nSPS) is 10.7. The van der Waals surface area contributed by atoms with Crippen LogP contribution < -0.4 is 0 Å². The van der Waals surface area contributed by atoms with Gasteiger partial charge in [-0.3, -0.25) is 4.40 Å². The van der Waals surface area contributed by atoms with Gasteiger partial charge in [0, 0.05) is 6.20 Å². The minimum Gasteiger partial charge on any atom is -0.476 e. The molecule has 7 heteroatoms. The van der Waals surface area contributed by atoms with Gasteiger partial charge in [-0.15, -0.1) is 0 Å². The first-order chi connectivity index (χ1) is 10.1. The summed E-state index contributed by atoms with van der Waals surface area (Å²) in [6, 6.07) is 6.42. The van der Waals surface area contributed by atoms with Crippen molar-refractivity contribution in [3.05, 3.63) is 48.0 Å². The van der Waals surface area contributed by atoms with Crippen LogP contribution in [0.25, 0.3) is 17.1 Å². The lowest BCUT2D eigenvalue weighted by molar-refractivity contribution is 0.0602. The Kier molecular flexibility index (Phi) is 2.94. The molecular formula is C14H10N2O5. The molecular weight excluding hydrogens is 276 g/mol. The van der Waals surface area contributed by atoms with E-state index in [9.17, 15) is 14.7 Å². The number of hydrogen-bond acceptors (Lipinski definition) is 5. The molecule has 3 rings (SSSR count). The maximum absolute atomic E-state index is 11.8. The monoisotopic (exact) mass is 286 g/mol. The zero-order chi connectivity index (χ0) is 15.0. The predicted octanol–water partition coefficient (Wildman–Crippen LogP) is 2.08. The number of carboxylic acid groups (broad SMARTS) is 1. The number of carbonyl (C=O) groups excluding carboxylic acids is 1. The van der Waals surface area contributed by atoms with Gasteiger partial charge in [-0.1, -0.05) is 0 Å². The highest BCUT2D eigenvalue weighted by molar-refractivity contribution is 6.05. The first-order valence-electron chi connectivity index (χ1n) is 6.00. The van der Waals surface area contributed by atoms with Gasteiger partial charge in [0.15, 0.2) is 17.3 Å². The Morgan fingerprint density at radius 1 is 1.33 bits per heavy atom. The quantitative estimate of drug-likeness (QED) is 0.741. The minimum absolute atomic E-state index is 0.128. The zero-order valence-electron chi connectivity index (χ0n) is 10.9. The number of ether oxygens (including phenoxy) is 1. The van der Waals surface area contributed by atoms with E-state index in [4.69, 9.17) is 4.42 Å². The van der Waals surface area contributed by atoms with Crippen molar-refractivity contribution in [2.45, 2.75) is 0 Å². The van der Waals surface area contributed by atoms with E-state index in [-0.39, 0.29) is 16.8 Å². The van der Waals surface area contributed by atoms with Crippen LogP contribution in [-0.4, -0.2) is 33.5 Å². The molecule has 0 unspecified atom stereocenters. The van der Waals surface area contributed by atoms with E-state index in [0.29, 0.717) is 11.6 Å². The summed E-state index contributed by atoms with van der Waals surface area (Å²) >= 11 is 0.